The zero-order valence-electron chi connectivity index (χ0n) is 25.3. The topological polar surface area (TPSA) is 50.0 Å². The van der Waals surface area contributed by atoms with Crippen molar-refractivity contribution in [1.29, 1.82) is 0 Å². The smallest absolute Gasteiger partial charge is 0.0791 e. The highest BCUT2D eigenvalue weighted by Crippen LogP contribution is 1.91. The van der Waals surface area contributed by atoms with Crippen molar-refractivity contribution in [2.45, 2.75) is 103 Å². The summed E-state index contributed by atoms with van der Waals surface area (Å²) in [6.07, 6.45) is 12.9. The molecule has 0 spiro atoms. The quantitative estimate of drug-likeness (QED) is 0.320. The van der Waals surface area contributed by atoms with E-state index < -0.39 is 0 Å². The zero-order chi connectivity index (χ0) is 28.5. The van der Waals surface area contributed by atoms with Gasteiger partial charge in [-0.1, -0.05) is 109 Å². The Hall–Kier alpha value is -1.92. The van der Waals surface area contributed by atoms with Gasteiger partial charge in [0.05, 0.1) is 5.51 Å². The summed E-state index contributed by atoms with van der Waals surface area (Å²) in [6.45, 7) is 26.0. The van der Waals surface area contributed by atoms with Crippen LogP contribution < -0.4 is 0 Å². The fourth-order valence-corrected chi connectivity index (χ4v) is 1.75. The second kappa shape index (κ2) is 41.2. The van der Waals surface area contributed by atoms with Gasteiger partial charge in [-0.3, -0.25) is 9.98 Å². The van der Waals surface area contributed by atoms with E-state index in [2.05, 4.69) is 103 Å². The summed E-state index contributed by atoms with van der Waals surface area (Å²) in [5.74, 6) is 3.33. The molecule has 0 bridgehead atoms. The van der Waals surface area contributed by atoms with Crippen molar-refractivity contribution in [3.05, 3.63) is 52.3 Å². The monoisotopic (exact) mass is 552 g/mol. The van der Waals surface area contributed by atoms with Gasteiger partial charge in [-0.25, -0.2) is 0 Å². The van der Waals surface area contributed by atoms with Gasteiger partial charge in [-0.2, -0.15) is 21.5 Å². The van der Waals surface area contributed by atoms with E-state index in [1.165, 1.54) is 0 Å². The molecular weight excluding hydrogens is 493 g/mol. The van der Waals surface area contributed by atoms with Gasteiger partial charge < -0.3 is 0 Å². The zero-order valence-corrected chi connectivity index (χ0v) is 26.9. The molecule has 0 N–H and O–H groups in total. The summed E-state index contributed by atoms with van der Waals surface area (Å²) in [5, 5.41) is 13.1. The maximum Gasteiger partial charge on any atom is 0.0791 e. The molecule has 6 heteroatoms. The molecule has 0 fully saturated rings. The standard InChI is InChI=1S/C4H5N.C4H4S.4C4H10.C3H4N2.C3H3NS.CH4/c2*1-2-4-5-3-1;4*1-4(2)3;1-2-4-5-3-1;1-2-5-3-4-1;/h1,3-4H,2H2;1-4H;4*4H,1-3H3;2-3H,1H2;1-3H;1H4. The van der Waals surface area contributed by atoms with Crippen LogP contribution in [-0.2, 0) is 0 Å². The predicted octanol–water partition coefficient (Wildman–Crippen LogP) is 11.6. The molecule has 2 aromatic rings. The van der Waals surface area contributed by atoms with Gasteiger partial charge in [0.2, 0.25) is 0 Å². The Bertz CT molecular complexity index is 532. The van der Waals surface area contributed by atoms with Crippen LogP contribution in [0, 0.1) is 23.7 Å². The van der Waals surface area contributed by atoms with E-state index in [1.54, 1.807) is 53.0 Å². The Morgan fingerprint density at radius 2 is 1.00 bits per heavy atom. The highest BCUT2D eigenvalue weighted by Gasteiger charge is 1.75. The van der Waals surface area contributed by atoms with Gasteiger partial charge in [0.25, 0.3) is 0 Å². The molecular formula is C31H60N4S2. The first-order valence-corrected chi connectivity index (χ1v) is 14.8. The molecule has 4 rings (SSSR count). The average Bonchev–Trinajstić information content (AvgIpc) is 3.60. The number of hydrogen-bond donors (Lipinski definition) is 0. The minimum absolute atomic E-state index is 0. The molecule has 0 saturated carbocycles. The lowest BCUT2D eigenvalue weighted by Crippen LogP contribution is -1.66. The number of aromatic nitrogens is 1. The largest absolute Gasteiger partial charge is 0.269 e. The summed E-state index contributed by atoms with van der Waals surface area (Å²) in [5.41, 5.74) is 1.79. The van der Waals surface area contributed by atoms with E-state index in [4.69, 9.17) is 0 Å². The van der Waals surface area contributed by atoms with Crippen LogP contribution in [0.2, 0.25) is 0 Å². The van der Waals surface area contributed by atoms with E-state index in [1.807, 2.05) is 40.6 Å². The Kier molecular flexibility index (Phi) is 50.2. The van der Waals surface area contributed by atoms with Gasteiger partial charge in [0.1, 0.15) is 0 Å². The van der Waals surface area contributed by atoms with Crippen molar-refractivity contribution < 1.29 is 0 Å². The molecule has 0 saturated heterocycles. The number of hydrogen-bond acceptors (Lipinski definition) is 6. The van der Waals surface area contributed by atoms with Crippen LogP contribution in [-0.4, -0.2) is 23.6 Å². The molecule has 4 nitrogen and oxygen atoms in total. The summed E-state index contributed by atoms with van der Waals surface area (Å²) in [6, 6.07) is 4.04. The van der Waals surface area contributed by atoms with Crippen LogP contribution in [0.25, 0.3) is 0 Å². The Balaban J connectivity index is -0.000000105. The number of aliphatic imine (C=N–C) groups is 1. The van der Waals surface area contributed by atoms with Gasteiger partial charge >= 0.3 is 0 Å². The Morgan fingerprint density at radius 3 is 1.11 bits per heavy atom. The van der Waals surface area contributed by atoms with Crippen LogP contribution >= 0.6 is 22.7 Å². The maximum absolute atomic E-state index is 3.78. The van der Waals surface area contributed by atoms with Crippen molar-refractivity contribution in [3.8, 4) is 0 Å². The van der Waals surface area contributed by atoms with E-state index in [0.29, 0.717) is 0 Å². The van der Waals surface area contributed by atoms with E-state index >= 15 is 0 Å². The fraction of sp³-hybridized carbons (Fsp3) is 0.613. The van der Waals surface area contributed by atoms with Crippen LogP contribution in [0.5, 0.6) is 0 Å². The van der Waals surface area contributed by atoms with Crippen molar-refractivity contribution in [2.75, 3.05) is 0 Å². The highest BCUT2D eigenvalue weighted by molar-refractivity contribution is 7.07. The van der Waals surface area contributed by atoms with Gasteiger partial charge in [-0.15, -0.1) is 11.3 Å². The first kappa shape index (κ1) is 45.0. The molecule has 2 aromatic heterocycles. The Morgan fingerprint density at radius 1 is 0.568 bits per heavy atom. The minimum atomic E-state index is 0. The van der Waals surface area contributed by atoms with E-state index in [-0.39, 0.29) is 7.43 Å². The normalized spacial score (nSPS) is 10.8. The molecule has 0 aromatic carbocycles. The molecule has 0 atom stereocenters. The first-order valence-electron chi connectivity index (χ1n) is 12.9. The molecule has 0 amide bonds. The number of rotatable bonds is 0. The predicted molar refractivity (Wildman–Crippen MR) is 179 cm³/mol. The third-order valence-corrected chi connectivity index (χ3v) is 2.90. The number of nitrogens with zero attached hydrogens (tertiary/aromatic N) is 4. The second-order valence-electron chi connectivity index (χ2n) is 10.2. The molecule has 0 aliphatic carbocycles. The number of thiophene rings is 1. The fourth-order valence-electron chi connectivity index (χ4n) is 0.942. The molecule has 4 heterocycles. The molecule has 216 valence electrons. The summed E-state index contributed by atoms with van der Waals surface area (Å²) in [7, 11) is 0. The molecule has 0 unspecified atom stereocenters. The van der Waals surface area contributed by atoms with E-state index in [0.717, 1.165) is 36.5 Å². The van der Waals surface area contributed by atoms with Gasteiger partial charge in [0.15, 0.2) is 0 Å². The molecule has 2 aliphatic rings. The highest BCUT2D eigenvalue weighted by atomic mass is 32.1. The SMILES string of the molecule is C.C1=CN=CC1.C1=NN=CC1.CC(C)C.CC(C)C.CC(C)C.CC(C)C.c1ccsc1.c1cscn1. The second-order valence-corrected chi connectivity index (χ2v) is 11.8. The number of allylic oxidation sites excluding steroid dienone is 1. The molecule has 37 heavy (non-hydrogen) atoms. The molecule has 0 radical (unpaired) electrons. The summed E-state index contributed by atoms with van der Waals surface area (Å²) < 4.78 is 0. The van der Waals surface area contributed by atoms with Crippen molar-refractivity contribution in [1.82, 2.24) is 4.98 Å². The Labute approximate surface area is 240 Å². The van der Waals surface area contributed by atoms with Crippen LogP contribution in [0.15, 0.2) is 67.5 Å². The first-order chi connectivity index (χ1) is 16.9. The van der Waals surface area contributed by atoms with E-state index in [9.17, 15) is 0 Å². The lowest BCUT2D eigenvalue weighted by molar-refractivity contribution is 0.736. The summed E-state index contributed by atoms with van der Waals surface area (Å²) in [4.78, 5) is 7.52. The van der Waals surface area contributed by atoms with Crippen molar-refractivity contribution >= 4 is 41.3 Å². The lowest BCUT2D eigenvalue weighted by atomic mass is 10.3. The van der Waals surface area contributed by atoms with Crippen molar-refractivity contribution in [3.63, 3.8) is 0 Å². The third kappa shape index (κ3) is 107. The van der Waals surface area contributed by atoms with Crippen LogP contribution in [0.4, 0.5) is 0 Å². The molecule has 2 aliphatic heterocycles. The van der Waals surface area contributed by atoms with Crippen molar-refractivity contribution in [2.24, 2.45) is 38.9 Å². The average molecular weight is 553 g/mol. The third-order valence-electron chi connectivity index (χ3n) is 1.75. The minimum Gasteiger partial charge on any atom is -0.269 e. The van der Waals surface area contributed by atoms with Crippen LogP contribution in [0.3, 0.4) is 0 Å². The lowest BCUT2D eigenvalue weighted by Gasteiger charge is -1.79. The maximum atomic E-state index is 3.78. The number of thiazole rings is 1. The van der Waals surface area contributed by atoms with Crippen LogP contribution in [0.1, 0.15) is 103 Å². The summed E-state index contributed by atoms with van der Waals surface area (Å²) >= 11 is 3.31. The van der Waals surface area contributed by atoms with Gasteiger partial charge in [-0.05, 0) is 34.4 Å². The van der Waals surface area contributed by atoms with Gasteiger partial charge in [0, 0.05) is 49.3 Å².